The molecule has 0 amide bonds. The van der Waals surface area contributed by atoms with Crippen LogP contribution in [0.15, 0.2) is 24.5 Å². The maximum atomic E-state index is 11.3. The van der Waals surface area contributed by atoms with E-state index in [4.69, 9.17) is 0 Å². The van der Waals surface area contributed by atoms with Crippen LogP contribution in [-0.2, 0) is 4.74 Å². The molecule has 1 aromatic carbocycles. The number of rotatable bonds is 4. The Kier molecular flexibility index (Phi) is 3.94. The SMILES string of the molecule is COC(=O)c1ncn(-c2ccc([C@@H](C)O)cc2[N+](=O)[O-])n1. The highest BCUT2D eigenvalue weighted by molar-refractivity contribution is 5.84. The van der Waals surface area contributed by atoms with Crippen LogP contribution in [0, 0.1) is 10.1 Å². The standard InChI is InChI=1S/C12H12N4O5/c1-7(17)8-3-4-9(10(5-8)16(19)20)15-6-13-11(14-15)12(18)21-2/h3-7,17H,1-2H3/t7-/m1/s1. The lowest BCUT2D eigenvalue weighted by Crippen LogP contribution is -2.06. The minimum Gasteiger partial charge on any atom is -0.463 e. The number of aromatic nitrogens is 3. The van der Waals surface area contributed by atoms with Crippen molar-refractivity contribution in [3.05, 3.63) is 46.0 Å². The summed E-state index contributed by atoms with van der Waals surface area (Å²) < 4.78 is 5.58. The molecule has 0 saturated carbocycles. The number of methoxy groups -OCH3 is 1. The Hall–Kier alpha value is -2.81. The number of carbonyl (C=O) groups is 1. The molecule has 110 valence electrons. The summed E-state index contributed by atoms with van der Waals surface area (Å²) in [4.78, 5) is 25.6. The maximum Gasteiger partial charge on any atom is 0.377 e. The van der Waals surface area contributed by atoms with Gasteiger partial charge in [-0.05, 0) is 18.6 Å². The fourth-order valence-corrected chi connectivity index (χ4v) is 1.70. The van der Waals surface area contributed by atoms with Gasteiger partial charge in [-0.2, -0.15) is 0 Å². The summed E-state index contributed by atoms with van der Waals surface area (Å²) in [7, 11) is 1.18. The molecule has 1 heterocycles. The number of nitrogens with zero attached hydrogens (tertiary/aromatic N) is 4. The Morgan fingerprint density at radius 2 is 2.24 bits per heavy atom. The molecule has 0 radical (unpaired) electrons. The van der Waals surface area contributed by atoms with Gasteiger partial charge in [0, 0.05) is 6.07 Å². The van der Waals surface area contributed by atoms with E-state index in [1.54, 1.807) is 0 Å². The van der Waals surface area contributed by atoms with E-state index in [2.05, 4.69) is 14.8 Å². The van der Waals surface area contributed by atoms with Gasteiger partial charge in [0.1, 0.15) is 12.0 Å². The van der Waals surface area contributed by atoms with Crippen LogP contribution in [0.1, 0.15) is 29.2 Å². The molecule has 0 aliphatic carbocycles. The lowest BCUT2D eigenvalue weighted by molar-refractivity contribution is -0.384. The molecule has 0 bridgehead atoms. The van der Waals surface area contributed by atoms with E-state index in [0.717, 1.165) is 4.68 Å². The molecule has 0 saturated heterocycles. The Bertz CT molecular complexity index is 695. The quantitative estimate of drug-likeness (QED) is 0.507. The van der Waals surface area contributed by atoms with E-state index in [-0.39, 0.29) is 17.2 Å². The van der Waals surface area contributed by atoms with Crippen LogP contribution in [-0.4, -0.2) is 37.9 Å². The van der Waals surface area contributed by atoms with Gasteiger partial charge in [-0.1, -0.05) is 6.07 Å². The zero-order chi connectivity index (χ0) is 15.6. The molecule has 1 aromatic heterocycles. The molecule has 2 aromatic rings. The number of benzene rings is 1. The van der Waals surface area contributed by atoms with Crippen molar-refractivity contribution in [3.8, 4) is 5.69 Å². The van der Waals surface area contributed by atoms with Crippen molar-refractivity contribution >= 4 is 11.7 Å². The molecule has 0 aliphatic rings. The zero-order valence-corrected chi connectivity index (χ0v) is 11.3. The van der Waals surface area contributed by atoms with Crippen LogP contribution in [0.4, 0.5) is 5.69 Å². The first kappa shape index (κ1) is 14.6. The van der Waals surface area contributed by atoms with Crippen LogP contribution < -0.4 is 0 Å². The second-order valence-corrected chi connectivity index (χ2v) is 4.19. The number of nitro benzene ring substituents is 1. The number of hydrogen-bond donors (Lipinski definition) is 1. The van der Waals surface area contributed by atoms with Crippen LogP contribution in [0.2, 0.25) is 0 Å². The van der Waals surface area contributed by atoms with Gasteiger partial charge in [0.05, 0.1) is 18.1 Å². The number of ether oxygens (including phenoxy) is 1. The lowest BCUT2D eigenvalue weighted by Gasteiger charge is -2.07. The average molecular weight is 292 g/mol. The maximum absolute atomic E-state index is 11.3. The highest BCUT2D eigenvalue weighted by Crippen LogP contribution is 2.26. The predicted molar refractivity (Wildman–Crippen MR) is 70.0 cm³/mol. The van der Waals surface area contributed by atoms with E-state index < -0.39 is 17.0 Å². The van der Waals surface area contributed by atoms with Crippen LogP contribution >= 0.6 is 0 Å². The molecular weight excluding hydrogens is 280 g/mol. The summed E-state index contributed by atoms with van der Waals surface area (Å²) in [5, 5.41) is 24.5. The summed E-state index contributed by atoms with van der Waals surface area (Å²) >= 11 is 0. The van der Waals surface area contributed by atoms with Crippen molar-refractivity contribution in [2.45, 2.75) is 13.0 Å². The molecule has 0 fully saturated rings. The van der Waals surface area contributed by atoms with Crippen LogP contribution in [0.5, 0.6) is 0 Å². The molecular formula is C12H12N4O5. The van der Waals surface area contributed by atoms with Gasteiger partial charge < -0.3 is 9.84 Å². The molecule has 1 atom stereocenters. The number of hydrogen-bond acceptors (Lipinski definition) is 7. The van der Waals surface area contributed by atoms with Gasteiger partial charge in [0.25, 0.3) is 11.5 Å². The van der Waals surface area contributed by atoms with Gasteiger partial charge in [-0.3, -0.25) is 10.1 Å². The highest BCUT2D eigenvalue weighted by Gasteiger charge is 2.20. The number of nitro groups is 1. The second kappa shape index (κ2) is 5.67. The number of aliphatic hydroxyl groups excluding tert-OH is 1. The summed E-state index contributed by atoms with van der Waals surface area (Å²) in [6.45, 7) is 1.50. The molecule has 21 heavy (non-hydrogen) atoms. The monoisotopic (exact) mass is 292 g/mol. The van der Waals surface area contributed by atoms with Crippen molar-refractivity contribution in [1.82, 2.24) is 14.8 Å². The summed E-state index contributed by atoms with van der Waals surface area (Å²) in [5.41, 5.74) is 0.278. The minimum absolute atomic E-state index is 0.132. The average Bonchev–Trinajstić information content (AvgIpc) is 2.95. The third-order valence-electron chi connectivity index (χ3n) is 2.79. The van der Waals surface area contributed by atoms with Crippen LogP contribution in [0.3, 0.4) is 0 Å². The van der Waals surface area contributed by atoms with Gasteiger partial charge in [-0.25, -0.2) is 14.5 Å². The van der Waals surface area contributed by atoms with Crippen LogP contribution in [0.25, 0.3) is 5.69 Å². The predicted octanol–water partition coefficient (Wildman–Crippen LogP) is 1.02. The Morgan fingerprint density at radius 1 is 1.52 bits per heavy atom. The molecule has 2 rings (SSSR count). The second-order valence-electron chi connectivity index (χ2n) is 4.19. The topological polar surface area (TPSA) is 120 Å². The van der Waals surface area contributed by atoms with E-state index in [1.807, 2.05) is 0 Å². The Balaban J connectivity index is 2.50. The van der Waals surface area contributed by atoms with Gasteiger partial charge in [0.2, 0.25) is 0 Å². The van der Waals surface area contributed by atoms with Crippen molar-refractivity contribution in [1.29, 1.82) is 0 Å². The van der Waals surface area contributed by atoms with Gasteiger partial charge in [0.15, 0.2) is 0 Å². The zero-order valence-electron chi connectivity index (χ0n) is 11.3. The molecule has 9 nitrogen and oxygen atoms in total. The van der Waals surface area contributed by atoms with E-state index >= 15 is 0 Å². The number of esters is 1. The largest absolute Gasteiger partial charge is 0.463 e. The number of carbonyl (C=O) groups excluding carboxylic acids is 1. The fraction of sp³-hybridized carbons (Fsp3) is 0.250. The van der Waals surface area contributed by atoms with E-state index in [1.165, 1.54) is 38.6 Å². The first-order chi connectivity index (χ1) is 9.93. The normalized spacial score (nSPS) is 12.0. The third kappa shape index (κ3) is 2.87. The highest BCUT2D eigenvalue weighted by atomic mass is 16.6. The fourth-order valence-electron chi connectivity index (χ4n) is 1.70. The first-order valence-electron chi connectivity index (χ1n) is 5.90. The third-order valence-corrected chi connectivity index (χ3v) is 2.79. The molecule has 0 unspecified atom stereocenters. The van der Waals surface area contributed by atoms with E-state index in [0.29, 0.717) is 5.56 Å². The van der Waals surface area contributed by atoms with Crippen molar-refractivity contribution in [2.24, 2.45) is 0 Å². The Labute approximate surface area is 118 Å². The summed E-state index contributed by atoms with van der Waals surface area (Å²) in [5.74, 6) is -0.941. The van der Waals surface area contributed by atoms with Crippen molar-refractivity contribution < 1.29 is 19.6 Å². The summed E-state index contributed by atoms with van der Waals surface area (Å²) in [6.07, 6.45) is 0.343. The lowest BCUT2D eigenvalue weighted by atomic mass is 10.1. The van der Waals surface area contributed by atoms with Gasteiger partial charge >= 0.3 is 5.97 Å². The minimum atomic E-state index is -0.834. The van der Waals surface area contributed by atoms with E-state index in [9.17, 15) is 20.0 Å². The van der Waals surface area contributed by atoms with Crippen molar-refractivity contribution in [2.75, 3.05) is 7.11 Å². The Morgan fingerprint density at radius 3 is 2.81 bits per heavy atom. The molecule has 0 aliphatic heterocycles. The molecule has 1 N–H and O–H groups in total. The molecule has 9 heteroatoms. The van der Waals surface area contributed by atoms with Gasteiger partial charge in [-0.15, -0.1) is 5.10 Å². The number of aliphatic hydroxyl groups is 1. The smallest absolute Gasteiger partial charge is 0.377 e. The molecule has 0 spiro atoms. The summed E-state index contributed by atoms with van der Waals surface area (Å²) in [6, 6.07) is 4.21. The van der Waals surface area contributed by atoms with Crippen molar-refractivity contribution in [3.63, 3.8) is 0 Å². The first-order valence-corrected chi connectivity index (χ1v) is 5.90.